The van der Waals surface area contributed by atoms with Crippen molar-refractivity contribution in [3.8, 4) is 11.5 Å². The van der Waals surface area contributed by atoms with E-state index in [1.54, 1.807) is 18.2 Å². The molecule has 0 bridgehead atoms. The summed E-state index contributed by atoms with van der Waals surface area (Å²) in [4.78, 5) is 4.29. The van der Waals surface area contributed by atoms with E-state index in [2.05, 4.69) is 26.1 Å². The molecule has 0 radical (unpaired) electrons. The Bertz CT molecular complexity index is 589. The van der Waals surface area contributed by atoms with Crippen molar-refractivity contribution in [2.24, 2.45) is 5.73 Å². The monoisotopic (exact) mass is 359 g/mol. The number of hydrogen-bond acceptors (Lipinski definition) is 5. The number of nitrogens with zero attached hydrogens (tertiary/aromatic N) is 2. The molecule has 5 nitrogen and oxygen atoms in total. The molecule has 1 atom stereocenters. The van der Waals surface area contributed by atoms with Crippen LogP contribution in [0, 0.1) is 0 Å². The molecule has 0 saturated carbocycles. The van der Waals surface area contributed by atoms with Crippen LogP contribution in [-0.4, -0.2) is 22.9 Å². The maximum atomic E-state index is 5.95. The maximum Gasteiger partial charge on any atom is 0.259 e. The van der Waals surface area contributed by atoms with Crippen LogP contribution in [0.2, 0.25) is 5.02 Å². The lowest BCUT2D eigenvalue weighted by molar-refractivity contribution is 0.0665. The average Bonchev–Trinajstić information content (AvgIpc) is 2.85. The Labute approximate surface area is 130 Å². The third-order valence-electron chi connectivity index (χ3n) is 2.54. The Balaban J connectivity index is 2.16. The van der Waals surface area contributed by atoms with E-state index in [0.29, 0.717) is 23.3 Å². The lowest BCUT2D eigenvalue weighted by atomic mass is 10.2. The van der Waals surface area contributed by atoms with E-state index in [4.69, 9.17) is 26.6 Å². The van der Waals surface area contributed by atoms with Gasteiger partial charge in [-0.25, -0.2) is 0 Å². The zero-order chi connectivity index (χ0) is 14.7. The van der Waals surface area contributed by atoms with Crippen molar-refractivity contribution in [3.63, 3.8) is 0 Å². The second kappa shape index (κ2) is 6.67. The number of hydrogen-bond donors (Lipinski definition) is 1. The molecule has 1 heterocycles. The summed E-state index contributed by atoms with van der Waals surface area (Å²) in [5.74, 6) is 0.811. The average molecular weight is 361 g/mol. The van der Waals surface area contributed by atoms with Gasteiger partial charge in [-0.1, -0.05) is 16.8 Å². The normalized spacial score (nSPS) is 12.9. The van der Waals surface area contributed by atoms with E-state index in [1.807, 2.05) is 13.8 Å². The first-order valence-electron chi connectivity index (χ1n) is 6.13. The van der Waals surface area contributed by atoms with Crippen molar-refractivity contribution in [3.05, 3.63) is 33.5 Å². The third kappa shape index (κ3) is 3.79. The minimum Gasteiger partial charge on any atom is -0.377 e. The van der Waals surface area contributed by atoms with Crippen LogP contribution in [0.3, 0.4) is 0 Å². The highest BCUT2D eigenvalue weighted by Crippen LogP contribution is 2.29. The van der Waals surface area contributed by atoms with Gasteiger partial charge in [-0.15, -0.1) is 0 Å². The molecule has 0 saturated heterocycles. The number of rotatable bonds is 5. The van der Waals surface area contributed by atoms with Gasteiger partial charge < -0.3 is 15.0 Å². The standard InChI is InChI=1S/C13H15BrClN3O2/c1-7(2)19-6-11(16)12-17-13(20-18-12)9-4-3-8(15)5-10(9)14/h3-5,7,11H,6,16H2,1-2H3. The molecule has 0 spiro atoms. The zero-order valence-corrected chi connectivity index (χ0v) is 13.5. The first-order valence-corrected chi connectivity index (χ1v) is 7.30. The lowest BCUT2D eigenvalue weighted by Crippen LogP contribution is -2.20. The zero-order valence-electron chi connectivity index (χ0n) is 11.1. The fourth-order valence-corrected chi connectivity index (χ4v) is 2.38. The quantitative estimate of drug-likeness (QED) is 0.882. The van der Waals surface area contributed by atoms with Crippen LogP contribution in [0.4, 0.5) is 0 Å². The molecular weight excluding hydrogens is 346 g/mol. The summed E-state index contributed by atoms with van der Waals surface area (Å²) in [6.45, 7) is 4.23. The summed E-state index contributed by atoms with van der Waals surface area (Å²) in [6.07, 6.45) is 0.109. The van der Waals surface area contributed by atoms with Crippen molar-refractivity contribution in [1.82, 2.24) is 10.1 Å². The summed E-state index contributed by atoms with van der Waals surface area (Å²) in [6, 6.07) is 4.91. The Morgan fingerprint density at radius 3 is 2.85 bits per heavy atom. The molecule has 108 valence electrons. The fourth-order valence-electron chi connectivity index (χ4n) is 1.53. The van der Waals surface area contributed by atoms with Gasteiger partial charge in [-0.3, -0.25) is 0 Å². The van der Waals surface area contributed by atoms with E-state index in [-0.39, 0.29) is 6.10 Å². The number of ether oxygens (including phenoxy) is 1. The van der Waals surface area contributed by atoms with E-state index >= 15 is 0 Å². The SMILES string of the molecule is CC(C)OCC(N)c1noc(-c2ccc(Cl)cc2Br)n1. The summed E-state index contributed by atoms with van der Waals surface area (Å²) in [7, 11) is 0. The minimum absolute atomic E-state index is 0.109. The third-order valence-corrected chi connectivity index (χ3v) is 3.44. The molecule has 0 aliphatic heterocycles. The molecule has 0 aliphatic rings. The molecule has 2 rings (SSSR count). The number of nitrogens with two attached hydrogens (primary N) is 1. The highest BCUT2D eigenvalue weighted by atomic mass is 79.9. The number of aromatic nitrogens is 2. The van der Waals surface area contributed by atoms with Gasteiger partial charge in [0.1, 0.15) is 0 Å². The number of benzene rings is 1. The second-order valence-electron chi connectivity index (χ2n) is 4.57. The Hall–Kier alpha value is -0.950. The van der Waals surface area contributed by atoms with Crippen LogP contribution in [-0.2, 0) is 4.74 Å². The van der Waals surface area contributed by atoms with Crippen LogP contribution in [0.5, 0.6) is 0 Å². The molecular formula is C13H15BrClN3O2. The molecule has 2 N–H and O–H groups in total. The summed E-state index contributed by atoms with van der Waals surface area (Å²) >= 11 is 9.31. The fraction of sp³-hybridized carbons (Fsp3) is 0.385. The van der Waals surface area contributed by atoms with Crippen molar-refractivity contribution in [2.45, 2.75) is 26.0 Å². The highest BCUT2D eigenvalue weighted by molar-refractivity contribution is 9.10. The molecule has 1 aromatic carbocycles. The molecule has 0 amide bonds. The minimum atomic E-state index is -0.416. The molecule has 0 aliphatic carbocycles. The van der Waals surface area contributed by atoms with Crippen LogP contribution in [0.1, 0.15) is 25.7 Å². The second-order valence-corrected chi connectivity index (χ2v) is 5.86. The maximum absolute atomic E-state index is 5.95. The topological polar surface area (TPSA) is 74.2 Å². The molecule has 1 aromatic heterocycles. The van der Waals surface area contributed by atoms with Crippen molar-refractivity contribution in [2.75, 3.05) is 6.61 Å². The van der Waals surface area contributed by atoms with Crippen LogP contribution < -0.4 is 5.73 Å². The Morgan fingerprint density at radius 1 is 1.45 bits per heavy atom. The molecule has 7 heteroatoms. The van der Waals surface area contributed by atoms with Gasteiger partial charge in [0.15, 0.2) is 5.82 Å². The van der Waals surface area contributed by atoms with Gasteiger partial charge in [0, 0.05) is 9.50 Å². The summed E-state index contributed by atoms with van der Waals surface area (Å²) in [5, 5.41) is 4.52. The predicted molar refractivity (Wildman–Crippen MR) is 80.5 cm³/mol. The Kier molecular flexibility index (Phi) is 5.15. The number of halogens is 2. The molecule has 0 fully saturated rings. The van der Waals surface area contributed by atoms with Crippen molar-refractivity contribution >= 4 is 27.5 Å². The van der Waals surface area contributed by atoms with E-state index in [9.17, 15) is 0 Å². The first kappa shape index (κ1) is 15.4. The molecule has 2 aromatic rings. The van der Waals surface area contributed by atoms with Gasteiger partial charge in [-0.05, 0) is 48.0 Å². The largest absolute Gasteiger partial charge is 0.377 e. The first-order chi connectivity index (χ1) is 9.47. The van der Waals surface area contributed by atoms with E-state index < -0.39 is 6.04 Å². The van der Waals surface area contributed by atoms with Gasteiger partial charge >= 0.3 is 0 Å². The smallest absolute Gasteiger partial charge is 0.259 e. The Morgan fingerprint density at radius 2 is 2.20 bits per heavy atom. The molecule has 20 heavy (non-hydrogen) atoms. The summed E-state index contributed by atoms with van der Waals surface area (Å²) in [5.41, 5.74) is 6.72. The van der Waals surface area contributed by atoms with Gasteiger partial charge in [0.25, 0.3) is 5.89 Å². The predicted octanol–water partition coefficient (Wildman–Crippen LogP) is 3.58. The van der Waals surface area contributed by atoms with Crippen LogP contribution in [0.25, 0.3) is 11.5 Å². The summed E-state index contributed by atoms with van der Waals surface area (Å²) < 4.78 is 11.5. The van der Waals surface area contributed by atoms with Crippen molar-refractivity contribution < 1.29 is 9.26 Å². The lowest BCUT2D eigenvalue weighted by Gasteiger charge is -2.10. The van der Waals surface area contributed by atoms with E-state index in [1.165, 1.54) is 0 Å². The molecule has 1 unspecified atom stereocenters. The van der Waals surface area contributed by atoms with Gasteiger partial charge in [0.2, 0.25) is 0 Å². The van der Waals surface area contributed by atoms with Gasteiger partial charge in [-0.2, -0.15) is 4.98 Å². The van der Waals surface area contributed by atoms with E-state index in [0.717, 1.165) is 10.0 Å². The van der Waals surface area contributed by atoms with Crippen LogP contribution in [0.15, 0.2) is 27.2 Å². The highest BCUT2D eigenvalue weighted by Gasteiger charge is 2.17. The van der Waals surface area contributed by atoms with Crippen molar-refractivity contribution in [1.29, 1.82) is 0 Å². The van der Waals surface area contributed by atoms with Crippen LogP contribution >= 0.6 is 27.5 Å². The van der Waals surface area contributed by atoms with Gasteiger partial charge in [0.05, 0.1) is 24.3 Å².